The molecule has 0 amide bonds. The van der Waals surface area contributed by atoms with E-state index >= 15 is 0 Å². The van der Waals surface area contributed by atoms with E-state index in [1.807, 2.05) is 24.3 Å². The average Bonchev–Trinajstić information content (AvgIpc) is 2.43. The Morgan fingerprint density at radius 2 is 2.16 bits per heavy atom. The maximum Gasteiger partial charge on any atom is 0.134 e. The summed E-state index contributed by atoms with van der Waals surface area (Å²) in [4.78, 5) is 4.31. The van der Waals surface area contributed by atoms with Crippen molar-refractivity contribution in [1.29, 1.82) is 0 Å². The number of methoxy groups -OCH3 is 1. The fourth-order valence-electron chi connectivity index (χ4n) is 1.88. The number of benzene rings is 1. The van der Waals surface area contributed by atoms with E-state index in [1.54, 1.807) is 20.2 Å². The zero-order valence-electron chi connectivity index (χ0n) is 11.1. The fraction of sp³-hybridized carbons (Fsp3) is 0.357. The molecule has 2 unspecified atom stereocenters. The third-order valence-electron chi connectivity index (χ3n) is 3.11. The smallest absolute Gasteiger partial charge is 0.134 e. The summed E-state index contributed by atoms with van der Waals surface area (Å²) in [5.41, 5.74) is 5.80. The summed E-state index contributed by atoms with van der Waals surface area (Å²) < 4.78 is 5.33. The van der Waals surface area contributed by atoms with Crippen LogP contribution in [0.2, 0.25) is 0 Å². The van der Waals surface area contributed by atoms with E-state index in [0.717, 1.165) is 22.3 Å². The number of hydrogen-bond donors (Lipinski definition) is 3. The number of nitrogens with two attached hydrogens (primary N) is 1. The molecule has 1 heterocycles. The van der Waals surface area contributed by atoms with E-state index in [0.29, 0.717) is 6.54 Å². The molecule has 102 valence electrons. The molecule has 0 fully saturated rings. The minimum absolute atomic E-state index is 0.331. The minimum atomic E-state index is -0.558. The summed E-state index contributed by atoms with van der Waals surface area (Å²) in [7, 11) is 1.64. The fourth-order valence-corrected chi connectivity index (χ4v) is 1.88. The van der Waals surface area contributed by atoms with Crippen molar-refractivity contribution >= 4 is 16.6 Å². The number of ether oxygens (including phenoxy) is 1. The van der Waals surface area contributed by atoms with Gasteiger partial charge >= 0.3 is 0 Å². The molecule has 0 saturated heterocycles. The highest BCUT2D eigenvalue weighted by molar-refractivity contribution is 5.95. The molecule has 19 heavy (non-hydrogen) atoms. The van der Waals surface area contributed by atoms with Crippen molar-refractivity contribution in [2.24, 2.45) is 5.73 Å². The third kappa shape index (κ3) is 2.94. The van der Waals surface area contributed by atoms with Crippen LogP contribution >= 0.6 is 0 Å². The van der Waals surface area contributed by atoms with E-state index in [4.69, 9.17) is 10.5 Å². The number of nitrogens with zero attached hydrogens (tertiary/aromatic N) is 1. The van der Waals surface area contributed by atoms with Crippen molar-refractivity contribution in [1.82, 2.24) is 4.98 Å². The molecule has 0 aliphatic carbocycles. The Morgan fingerprint density at radius 3 is 2.84 bits per heavy atom. The second-order valence-corrected chi connectivity index (χ2v) is 4.50. The topological polar surface area (TPSA) is 80.4 Å². The molecule has 1 aromatic heterocycles. The molecular formula is C14H19N3O2. The molecule has 0 saturated carbocycles. The highest BCUT2D eigenvalue weighted by Crippen LogP contribution is 2.28. The predicted molar refractivity (Wildman–Crippen MR) is 76.4 cm³/mol. The van der Waals surface area contributed by atoms with Crippen LogP contribution in [0.5, 0.6) is 5.75 Å². The Morgan fingerprint density at radius 1 is 1.37 bits per heavy atom. The predicted octanol–water partition coefficient (Wildman–Crippen LogP) is 1.36. The highest BCUT2D eigenvalue weighted by Gasteiger charge is 2.11. The van der Waals surface area contributed by atoms with Gasteiger partial charge in [0.2, 0.25) is 0 Å². The first-order chi connectivity index (χ1) is 9.13. The molecule has 2 aromatic rings. The summed E-state index contributed by atoms with van der Waals surface area (Å²) in [6, 6.07) is 7.38. The Hall–Kier alpha value is -1.85. The van der Waals surface area contributed by atoms with Crippen LogP contribution in [0.1, 0.15) is 6.92 Å². The normalized spacial score (nSPS) is 14.1. The van der Waals surface area contributed by atoms with Crippen LogP contribution in [-0.4, -0.2) is 35.9 Å². The lowest BCUT2D eigenvalue weighted by atomic mass is 10.1. The highest BCUT2D eigenvalue weighted by atomic mass is 16.5. The van der Waals surface area contributed by atoms with Gasteiger partial charge in [-0.3, -0.25) is 0 Å². The Balaban J connectivity index is 2.29. The van der Waals surface area contributed by atoms with Gasteiger partial charge in [-0.05, 0) is 19.1 Å². The summed E-state index contributed by atoms with van der Waals surface area (Å²) in [5, 5.41) is 14.5. The van der Waals surface area contributed by atoms with Crippen LogP contribution in [0.3, 0.4) is 0 Å². The minimum Gasteiger partial charge on any atom is -0.496 e. The second kappa shape index (κ2) is 5.86. The van der Waals surface area contributed by atoms with Crippen molar-refractivity contribution < 1.29 is 9.84 Å². The molecule has 0 radical (unpaired) electrons. The molecule has 0 spiro atoms. The number of pyridine rings is 1. The van der Waals surface area contributed by atoms with Crippen molar-refractivity contribution in [3.8, 4) is 5.75 Å². The van der Waals surface area contributed by atoms with Gasteiger partial charge in [0.15, 0.2) is 0 Å². The summed E-state index contributed by atoms with van der Waals surface area (Å²) in [6.45, 7) is 2.13. The van der Waals surface area contributed by atoms with Crippen molar-refractivity contribution in [3.63, 3.8) is 0 Å². The molecular weight excluding hydrogens is 242 g/mol. The van der Waals surface area contributed by atoms with Gasteiger partial charge in [0, 0.05) is 29.6 Å². The third-order valence-corrected chi connectivity index (χ3v) is 3.11. The average molecular weight is 261 g/mol. The van der Waals surface area contributed by atoms with Gasteiger partial charge in [-0.2, -0.15) is 0 Å². The van der Waals surface area contributed by atoms with Gasteiger partial charge in [-0.15, -0.1) is 0 Å². The molecule has 5 nitrogen and oxygen atoms in total. The first-order valence-corrected chi connectivity index (χ1v) is 6.22. The quantitative estimate of drug-likeness (QED) is 0.757. The first-order valence-electron chi connectivity index (χ1n) is 6.22. The maximum atomic E-state index is 9.39. The number of nitrogens with one attached hydrogen (secondary N) is 1. The number of anilines is 1. The van der Waals surface area contributed by atoms with E-state index in [-0.39, 0.29) is 6.04 Å². The molecule has 0 aliphatic rings. The molecule has 0 bridgehead atoms. The van der Waals surface area contributed by atoms with Crippen LogP contribution < -0.4 is 15.8 Å². The van der Waals surface area contributed by atoms with Gasteiger partial charge in [-0.1, -0.05) is 12.1 Å². The van der Waals surface area contributed by atoms with Gasteiger partial charge in [0.05, 0.1) is 13.2 Å². The Kier molecular flexibility index (Phi) is 4.19. The number of hydrogen-bond acceptors (Lipinski definition) is 5. The van der Waals surface area contributed by atoms with Gasteiger partial charge in [0.1, 0.15) is 11.6 Å². The molecule has 2 rings (SSSR count). The lowest BCUT2D eigenvalue weighted by molar-refractivity contribution is 0.168. The van der Waals surface area contributed by atoms with Crippen LogP contribution in [0.15, 0.2) is 30.5 Å². The molecule has 5 heteroatoms. The largest absolute Gasteiger partial charge is 0.496 e. The summed E-state index contributed by atoms with van der Waals surface area (Å²) in [5.74, 6) is 1.55. The van der Waals surface area contributed by atoms with Crippen molar-refractivity contribution in [3.05, 3.63) is 30.5 Å². The Bertz CT molecular complexity index is 557. The van der Waals surface area contributed by atoms with Gasteiger partial charge < -0.3 is 20.9 Å². The van der Waals surface area contributed by atoms with Crippen LogP contribution in [0.4, 0.5) is 5.82 Å². The molecule has 4 N–H and O–H groups in total. The molecule has 2 atom stereocenters. The van der Waals surface area contributed by atoms with Gasteiger partial charge in [0.25, 0.3) is 0 Å². The maximum absolute atomic E-state index is 9.39. The number of aromatic nitrogens is 1. The van der Waals surface area contributed by atoms with E-state index in [9.17, 15) is 5.11 Å². The van der Waals surface area contributed by atoms with Crippen molar-refractivity contribution in [2.45, 2.75) is 19.1 Å². The van der Waals surface area contributed by atoms with Crippen molar-refractivity contribution in [2.75, 3.05) is 19.0 Å². The Labute approximate surface area is 112 Å². The zero-order chi connectivity index (χ0) is 13.8. The van der Waals surface area contributed by atoms with E-state index in [1.165, 1.54) is 0 Å². The SMILES string of the molecule is COc1cccc2c(NCC(N)C(C)O)nccc12. The summed E-state index contributed by atoms with van der Waals surface area (Å²) >= 11 is 0. The van der Waals surface area contributed by atoms with E-state index < -0.39 is 6.10 Å². The van der Waals surface area contributed by atoms with Crippen LogP contribution in [0.25, 0.3) is 10.8 Å². The van der Waals surface area contributed by atoms with Crippen LogP contribution in [-0.2, 0) is 0 Å². The first kappa shape index (κ1) is 13.6. The number of aliphatic hydroxyl groups is 1. The monoisotopic (exact) mass is 261 g/mol. The number of aliphatic hydroxyl groups excluding tert-OH is 1. The molecule has 0 aliphatic heterocycles. The summed E-state index contributed by atoms with van der Waals surface area (Å²) in [6.07, 6.45) is 1.16. The lowest BCUT2D eigenvalue weighted by Gasteiger charge is -2.17. The lowest BCUT2D eigenvalue weighted by Crippen LogP contribution is -2.38. The van der Waals surface area contributed by atoms with Gasteiger partial charge in [-0.25, -0.2) is 4.98 Å². The zero-order valence-corrected chi connectivity index (χ0v) is 11.1. The molecule has 1 aromatic carbocycles. The number of fused-ring (bicyclic) bond motifs is 1. The van der Waals surface area contributed by atoms with E-state index in [2.05, 4.69) is 10.3 Å². The number of rotatable bonds is 5. The van der Waals surface area contributed by atoms with Crippen LogP contribution in [0, 0.1) is 0 Å². The standard InChI is InChI=1S/C14H19N3O2/c1-9(18)12(15)8-17-14-11-4-3-5-13(19-2)10(11)6-7-16-14/h3-7,9,12,18H,8,15H2,1-2H3,(H,16,17). The second-order valence-electron chi connectivity index (χ2n) is 4.50.